The molecule has 12 heteroatoms. The van der Waals surface area contributed by atoms with Gasteiger partial charge in [-0.2, -0.15) is 4.68 Å². The number of halogens is 1. The number of nitro benzene ring substituents is 1. The van der Waals surface area contributed by atoms with Gasteiger partial charge in [-0.3, -0.25) is 19.8 Å². The molecule has 0 unspecified atom stereocenters. The van der Waals surface area contributed by atoms with Gasteiger partial charge in [-0.15, -0.1) is 5.10 Å². The van der Waals surface area contributed by atoms with Crippen molar-refractivity contribution in [2.75, 3.05) is 32.8 Å². The van der Waals surface area contributed by atoms with Crippen LogP contribution in [0.3, 0.4) is 0 Å². The molecule has 0 spiro atoms. The van der Waals surface area contributed by atoms with Gasteiger partial charge in [-0.25, -0.2) is 0 Å². The fourth-order valence-electron chi connectivity index (χ4n) is 3.63. The van der Waals surface area contributed by atoms with Gasteiger partial charge in [0.25, 0.3) is 11.6 Å². The van der Waals surface area contributed by atoms with Crippen LogP contribution in [0.4, 0.5) is 5.69 Å². The van der Waals surface area contributed by atoms with Gasteiger partial charge in [-0.1, -0.05) is 11.6 Å². The van der Waals surface area contributed by atoms with E-state index in [-0.39, 0.29) is 22.2 Å². The van der Waals surface area contributed by atoms with Crippen LogP contribution in [0.1, 0.15) is 23.1 Å². The number of piperazine rings is 1. The lowest BCUT2D eigenvalue weighted by molar-refractivity contribution is -0.384. The summed E-state index contributed by atoms with van der Waals surface area (Å²) >= 11 is 6.13. The van der Waals surface area contributed by atoms with Crippen LogP contribution in [-0.2, 0) is 6.54 Å². The van der Waals surface area contributed by atoms with Gasteiger partial charge < -0.3 is 9.64 Å². The Morgan fingerprint density at radius 3 is 2.55 bits per heavy atom. The molecule has 1 aliphatic rings. The van der Waals surface area contributed by atoms with Crippen LogP contribution in [0.2, 0.25) is 5.02 Å². The van der Waals surface area contributed by atoms with E-state index in [1.807, 2.05) is 31.2 Å². The van der Waals surface area contributed by atoms with Gasteiger partial charge in [0, 0.05) is 38.3 Å². The Morgan fingerprint density at radius 2 is 1.88 bits per heavy atom. The molecule has 0 radical (unpaired) electrons. The summed E-state index contributed by atoms with van der Waals surface area (Å²) in [6, 6.07) is 11.4. The average Bonchev–Trinajstić information content (AvgIpc) is 3.28. The zero-order valence-corrected chi connectivity index (χ0v) is 18.7. The van der Waals surface area contributed by atoms with Gasteiger partial charge >= 0.3 is 0 Å². The zero-order valence-electron chi connectivity index (χ0n) is 17.9. The van der Waals surface area contributed by atoms with Gasteiger partial charge in [-0.05, 0) is 47.7 Å². The van der Waals surface area contributed by atoms with E-state index in [9.17, 15) is 14.9 Å². The molecular formula is C21H22ClN7O4. The molecule has 4 rings (SSSR count). The summed E-state index contributed by atoms with van der Waals surface area (Å²) in [5, 5.41) is 23.3. The number of aromatic nitrogens is 4. The number of carbonyl (C=O) groups is 1. The molecule has 1 aromatic heterocycles. The number of nitro groups is 1. The quantitative estimate of drug-likeness (QED) is 0.381. The normalized spacial score (nSPS) is 14.3. The summed E-state index contributed by atoms with van der Waals surface area (Å²) in [6.07, 6.45) is 0. The summed E-state index contributed by atoms with van der Waals surface area (Å²) in [5.74, 6) is 1.14. The van der Waals surface area contributed by atoms with Crippen LogP contribution in [-0.4, -0.2) is 73.6 Å². The molecule has 3 aromatic rings. The number of hydrogen-bond donors (Lipinski definition) is 0. The summed E-state index contributed by atoms with van der Waals surface area (Å²) < 4.78 is 7.15. The lowest BCUT2D eigenvalue weighted by Crippen LogP contribution is -2.48. The number of hydrogen-bond acceptors (Lipinski definition) is 8. The molecule has 2 heterocycles. The van der Waals surface area contributed by atoms with E-state index in [1.165, 1.54) is 18.2 Å². The highest BCUT2D eigenvalue weighted by Gasteiger charge is 2.26. The van der Waals surface area contributed by atoms with Crippen LogP contribution in [0.15, 0.2) is 42.5 Å². The van der Waals surface area contributed by atoms with Crippen LogP contribution in [0.5, 0.6) is 5.75 Å². The third kappa shape index (κ3) is 5.10. The van der Waals surface area contributed by atoms with Gasteiger partial charge in [0.15, 0.2) is 5.82 Å². The van der Waals surface area contributed by atoms with Crippen molar-refractivity contribution in [2.45, 2.75) is 13.5 Å². The molecule has 0 N–H and O–H groups in total. The Balaban J connectivity index is 1.39. The van der Waals surface area contributed by atoms with Crippen molar-refractivity contribution in [1.82, 2.24) is 30.0 Å². The van der Waals surface area contributed by atoms with Crippen molar-refractivity contribution in [3.05, 3.63) is 69.0 Å². The molecule has 33 heavy (non-hydrogen) atoms. The maximum atomic E-state index is 12.9. The zero-order chi connectivity index (χ0) is 23.4. The standard InChI is InChI=1S/C21H22ClN7O4/c1-2-33-17-6-3-15(4-7-17)28-20(23-24-25-28)14-26-9-11-27(12-10-26)21(30)18-13-16(29(31)32)5-8-19(18)22/h3-8,13H,2,9-12,14H2,1H3. The molecule has 0 saturated carbocycles. The first kappa shape index (κ1) is 22.6. The lowest BCUT2D eigenvalue weighted by Gasteiger charge is -2.34. The largest absolute Gasteiger partial charge is 0.494 e. The summed E-state index contributed by atoms with van der Waals surface area (Å²) in [5.41, 5.74) is 0.800. The van der Waals surface area contributed by atoms with Crippen molar-refractivity contribution in [2.24, 2.45) is 0 Å². The highest BCUT2D eigenvalue weighted by atomic mass is 35.5. The summed E-state index contributed by atoms with van der Waals surface area (Å²) in [7, 11) is 0. The third-order valence-electron chi connectivity index (χ3n) is 5.34. The molecular weight excluding hydrogens is 450 g/mol. The number of nitrogens with zero attached hydrogens (tertiary/aromatic N) is 7. The van der Waals surface area contributed by atoms with Gasteiger partial charge in [0.1, 0.15) is 5.75 Å². The molecule has 172 valence electrons. The summed E-state index contributed by atoms with van der Waals surface area (Å²) in [4.78, 5) is 27.2. The fraction of sp³-hybridized carbons (Fsp3) is 0.333. The van der Waals surface area contributed by atoms with Crippen molar-refractivity contribution >= 4 is 23.2 Å². The Kier molecular flexibility index (Phi) is 6.80. The van der Waals surface area contributed by atoms with Crippen LogP contribution >= 0.6 is 11.6 Å². The SMILES string of the molecule is CCOc1ccc(-n2nnnc2CN2CCN(C(=O)c3cc([N+](=O)[O-])ccc3Cl)CC2)cc1. The average molecular weight is 472 g/mol. The number of amides is 1. The van der Waals surface area contributed by atoms with E-state index >= 15 is 0 Å². The van der Waals surface area contributed by atoms with Gasteiger partial charge in [0.05, 0.1) is 34.3 Å². The minimum absolute atomic E-state index is 0.138. The van der Waals surface area contributed by atoms with E-state index in [4.69, 9.17) is 16.3 Å². The third-order valence-corrected chi connectivity index (χ3v) is 5.67. The number of benzene rings is 2. The molecule has 1 aliphatic heterocycles. The first-order valence-corrected chi connectivity index (χ1v) is 10.8. The van der Waals surface area contributed by atoms with E-state index in [0.29, 0.717) is 45.2 Å². The maximum absolute atomic E-state index is 12.9. The van der Waals surface area contributed by atoms with Crippen molar-refractivity contribution in [3.8, 4) is 11.4 Å². The monoisotopic (exact) mass is 471 g/mol. The van der Waals surface area contributed by atoms with Crippen molar-refractivity contribution in [3.63, 3.8) is 0 Å². The number of non-ortho nitro benzene ring substituents is 1. The number of rotatable bonds is 7. The molecule has 0 bridgehead atoms. The highest BCUT2D eigenvalue weighted by Crippen LogP contribution is 2.24. The molecule has 0 atom stereocenters. The van der Waals surface area contributed by atoms with Crippen LogP contribution < -0.4 is 4.74 Å². The number of carbonyl (C=O) groups excluding carboxylic acids is 1. The molecule has 2 aromatic carbocycles. The van der Waals surface area contributed by atoms with E-state index in [1.54, 1.807) is 9.58 Å². The predicted molar refractivity (Wildman–Crippen MR) is 120 cm³/mol. The molecule has 11 nitrogen and oxygen atoms in total. The van der Waals surface area contributed by atoms with E-state index in [2.05, 4.69) is 20.4 Å². The minimum atomic E-state index is -0.542. The molecule has 1 fully saturated rings. The van der Waals surface area contributed by atoms with Gasteiger partial charge in [0.2, 0.25) is 0 Å². The number of tetrazole rings is 1. The second-order valence-corrected chi connectivity index (χ2v) is 7.83. The van der Waals surface area contributed by atoms with E-state index < -0.39 is 4.92 Å². The minimum Gasteiger partial charge on any atom is -0.494 e. The van der Waals surface area contributed by atoms with Crippen molar-refractivity contribution in [1.29, 1.82) is 0 Å². The first-order valence-electron chi connectivity index (χ1n) is 10.4. The Labute approximate surface area is 194 Å². The predicted octanol–water partition coefficient (Wildman–Crippen LogP) is 2.58. The topological polar surface area (TPSA) is 120 Å². The molecule has 0 aliphatic carbocycles. The Morgan fingerprint density at radius 1 is 1.15 bits per heavy atom. The maximum Gasteiger partial charge on any atom is 0.270 e. The van der Waals surface area contributed by atoms with E-state index in [0.717, 1.165) is 11.4 Å². The van der Waals surface area contributed by atoms with Crippen LogP contribution in [0.25, 0.3) is 5.69 Å². The summed E-state index contributed by atoms with van der Waals surface area (Å²) in [6.45, 7) is 5.17. The lowest BCUT2D eigenvalue weighted by atomic mass is 10.1. The Bertz CT molecular complexity index is 1140. The molecule has 1 saturated heterocycles. The Hall–Kier alpha value is -3.57. The second kappa shape index (κ2) is 9.92. The number of ether oxygens (including phenoxy) is 1. The fourth-order valence-corrected chi connectivity index (χ4v) is 3.82. The smallest absolute Gasteiger partial charge is 0.270 e. The highest BCUT2D eigenvalue weighted by molar-refractivity contribution is 6.33. The van der Waals surface area contributed by atoms with Crippen LogP contribution in [0, 0.1) is 10.1 Å². The second-order valence-electron chi connectivity index (χ2n) is 7.42. The molecule has 1 amide bonds. The van der Waals surface area contributed by atoms with Crippen molar-refractivity contribution < 1.29 is 14.5 Å². The first-order chi connectivity index (χ1) is 16.0.